The normalized spacial score (nSPS) is 18.6. The third-order valence-corrected chi connectivity index (χ3v) is 6.01. The molecule has 0 fully saturated rings. The summed E-state index contributed by atoms with van der Waals surface area (Å²) < 4.78 is 11.5. The number of fused-ring (bicyclic) bond motifs is 3. The van der Waals surface area contributed by atoms with Gasteiger partial charge in [-0.2, -0.15) is 0 Å². The van der Waals surface area contributed by atoms with Gasteiger partial charge < -0.3 is 14.8 Å². The number of rotatable bonds is 6. The monoisotopic (exact) mass is 406 g/mol. The second-order valence-electron chi connectivity index (χ2n) is 8.78. The van der Waals surface area contributed by atoms with Crippen molar-refractivity contribution in [2.75, 3.05) is 13.2 Å². The molecule has 1 N–H and O–H groups in total. The first-order chi connectivity index (χ1) is 14.5. The van der Waals surface area contributed by atoms with E-state index in [2.05, 4.69) is 48.4 Å². The lowest BCUT2D eigenvalue weighted by Crippen LogP contribution is -2.45. The Hall–Kier alpha value is -2.82. The number of amides is 1. The summed E-state index contributed by atoms with van der Waals surface area (Å²) in [4.78, 5) is 17.4. The van der Waals surface area contributed by atoms with Crippen LogP contribution in [0, 0.1) is 11.8 Å². The maximum atomic E-state index is 12.7. The number of benzene rings is 2. The minimum atomic E-state index is -0.435. The first-order valence-corrected chi connectivity index (χ1v) is 10.8. The van der Waals surface area contributed by atoms with Crippen molar-refractivity contribution in [3.8, 4) is 11.1 Å². The molecular weight excluding hydrogens is 376 g/mol. The predicted octanol–water partition coefficient (Wildman–Crippen LogP) is 5.00. The Bertz CT molecular complexity index is 905. The van der Waals surface area contributed by atoms with Crippen molar-refractivity contribution >= 4 is 12.0 Å². The highest BCUT2D eigenvalue weighted by molar-refractivity contribution is 5.87. The van der Waals surface area contributed by atoms with Gasteiger partial charge in [0, 0.05) is 5.92 Å². The van der Waals surface area contributed by atoms with Crippen molar-refractivity contribution in [2.45, 2.75) is 45.7 Å². The lowest BCUT2D eigenvalue weighted by atomic mass is 9.98. The van der Waals surface area contributed by atoms with Crippen molar-refractivity contribution in [3.63, 3.8) is 0 Å². The van der Waals surface area contributed by atoms with Crippen LogP contribution >= 0.6 is 0 Å². The molecule has 4 rings (SSSR count). The van der Waals surface area contributed by atoms with Crippen LogP contribution in [0.2, 0.25) is 0 Å². The summed E-state index contributed by atoms with van der Waals surface area (Å²) in [6.45, 7) is 9.22. The van der Waals surface area contributed by atoms with Crippen LogP contribution in [0.3, 0.4) is 0 Å². The van der Waals surface area contributed by atoms with Gasteiger partial charge in [-0.15, -0.1) is 0 Å². The molecule has 0 bridgehead atoms. The standard InChI is InChI=1S/C25H30N2O3/c1-15(2)22-14-29-24(26-22)23(16(3)4)27-25(28)30-13-21-19-11-7-5-9-17(19)18-10-6-8-12-20(18)21/h5-12,15-16,21-23H,13-14H2,1-4H3,(H,27,28)/t22-,23+/m1/s1. The molecule has 2 aromatic rings. The van der Waals surface area contributed by atoms with Crippen LogP contribution < -0.4 is 5.32 Å². The summed E-state index contributed by atoms with van der Waals surface area (Å²) in [6, 6.07) is 16.5. The minimum Gasteiger partial charge on any atom is -0.477 e. The van der Waals surface area contributed by atoms with Crippen molar-refractivity contribution in [1.82, 2.24) is 5.32 Å². The molecule has 0 saturated heterocycles. The highest BCUT2D eigenvalue weighted by Crippen LogP contribution is 2.44. The fraction of sp³-hybridized carbons (Fsp3) is 0.440. The van der Waals surface area contributed by atoms with Crippen molar-refractivity contribution < 1.29 is 14.3 Å². The summed E-state index contributed by atoms with van der Waals surface area (Å²) in [7, 11) is 0. The Morgan fingerprint density at radius 1 is 1.07 bits per heavy atom. The Kier molecular flexibility index (Phi) is 5.80. The molecule has 5 nitrogen and oxygen atoms in total. The van der Waals surface area contributed by atoms with Crippen LogP contribution in [0.4, 0.5) is 4.79 Å². The van der Waals surface area contributed by atoms with Gasteiger partial charge >= 0.3 is 6.09 Å². The molecule has 0 radical (unpaired) electrons. The van der Waals surface area contributed by atoms with Crippen LogP contribution in [0.5, 0.6) is 0 Å². The third-order valence-electron chi connectivity index (χ3n) is 6.01. The fourth-order valence-electron chi connectivity index (χ4n) is 4.20. The average Bonchev–Trinajstić information content (AvgIpc) is 3.34. The zero-order valence-corrected chi connectivity index (χ0v) is 18.1. The fourth-order valence-corrected chi connectivity index (χ4v) is 4.20. The Morgan fingerprint density at radius 2 is 1.67 bits per heavy atom. The third kappa shape index (κ3) is 3.93. The van der Waals surface area contributed by atoms with Crippen LogP contribution in [-0.4, -0.2) is 37.3 Å². The number of ether oxygens (including phenoxy) is 2. The molecule has 158 valence electrons. The molecule has 1 heterocycles. The van der Waals surface area contributed by atoms with Gasteiger partial charge in [-0.3, -0.25) is 0 Å². The van der Waals surface area contributed by atoms with E-state index >= 15 is 0 Å². The van der Waals surface area contributed by atoms with Crippen molar-refractivity contribution in [1.29, 1.82) is 0 Å². The minimum absolute atomic E-state index is 0.0473. The molecule has 0 unspecified atom stereocenters. The number of hydrogen-bond donors (Lipinski definition) is 1. The smallest absolute Gasteiger partial charge is 0.407 e. The SMILES string of the molecule is CC(C)[C@H](NC(=O)OCC1c2ccccc2-c2ccccc21)C1=N[C@@H](C(C)C)CO1. The van der Waals surface area contributed by atoms with Gasteiger partial charge in [0.1, 0.15) is 19.3 Å². The molecule has 0 saturated carbocycles. The van der Waals surface area contributed by atoms with Crippen LogP contribution in [0.15, 0.2) is 53.5 Å². The molecule has 2 atom stereocenters. The van der Waals surface area contributed by atoms with Crippen molar-refractivity contribution in [2.24, 2.45) is 16.8 Å². The number of alkyl carbamates (subject to hydrolysis) is 1. The molecule has 1 aliphatic heterocycles. The van der Waals surface area contributed by atoms with Gasteiger partial charge in [0.15, 0.2) is 0 Å². The number of hydrogen-bond acceptors (Lipinski definition) is 4. The molecule has 0 aromatic heterocycles. The Balaban J connectivity index is 1.44. The molecule has 0 spiro atoms. The number of nitrogens with zero attached hydrogens (tertiary/aromatic N) is 1. The van der Waals surface area contributed by atoms with E-state index < -0.39 is 6.09 Å². The van der Waals surface area contributed by atoms with Gasteiger partial charge in [-0.25, -0.2) is 9.79 Å². The van der Waals surface area contributed by atoms with Crippen LogP contribution in [0.25, 0.3) is 11.1 Å². The first kappa shape index (κ1) is 20.5. The van der Waals surface area contributed by atoms with E-state index in [0.717, 1.165) is 0 Å². The molecule has 30 heavy (non-hydrogen) atoms. The van der Waals surface area contributed by atoms with E-state index in [1.807, 2.05) is 38.1 Å². The number of aliphatic imine (C=N–C) groups is 1. The molecular formula is C25H30N2O3. The molecule has 5 heteroatoms. The van der Waals surface area contributed by atoms with E-state index in [0.29, 0.717) is 25.0 Å². The predicted molar refractivity (Wildman–Crippen MR) is 119 cm³/mol. The highest BCUT2D eigenvalue weighted by atomic mass is 16.5. The van der Waals surface area contributed by atoms with Gasteiger partial charge in [0.05, 0.1) is 6.04 Å². The molecule has 1 amide bonds. The lowest BCUT2D eigenvalue weighted by molar-refractivity contribution is 0.138. The zero-order chi connectivity index (χ0) is 21.3. The topological polar surface area (TPSA) is 59.9 Å². The summed E-state index contributed by atoms with van der Waals surface area (Å²) in [5.74, 6) is 1.21. The second kappa shape index (κ2) is 8.50. The van der Waals surface area contributed by atoms with E-state index in [1.54, 1.807) is 0 Å². The maximum Gasteiger partial charge on any atom is 0.407 e. The quantitative estimate of drug-likeness (QED) is 0.734. The van der Waals surface area contributed by atoms with E-state index in [1.165, 1.54) is 22.3 Å². The van der Waals surface area contributed by atoms with Gasteiger partial charge in [0.2, 0.25) is 5.90 Å². The summed E-state index contributed by atoms with van der Waals surface area (Å²) in [5.41, 5.74) is 4.84. The maximum absolute atomic E-state index is 12.7. The number of carbonyl (C=O) groups is 1. The van der Waals surface area contributed by atoms with Crippen molar-refractivity contribution in [3.05, 3.63) is 59.7 Å². The zero-order valence-electron chi connectivity index (χ0n) is 18.1. The van der Waals surface area contributed by atoms with Crippen LogP contribution in [-0.2, 0) is 9.47 Å². The highest BCUT2D eigenvalue weighted by Gasteiger charge is 2.32. The van der Waals surface area contributed by atoms with Gasteiger partial charge in [-0.1, -0.05) is 76.2 Å². The summed E-state index contributed by atoms with van der Waals surface area (Å²) >= 11 is 0. The second-order valence-corrected chi connectivity index (χ2v) is 8.78. The van der Waals surface area contributed by atoms with E-state index in [9.17, 15) is 4.79 Å². The largest absolute Gasteiger partial charge is 0.477 e. The van der Waals surface area contributed by atoms with E-state index in [4.69, 9.17) is 9.47 Å². The van der Waals surface area contributed by atoms with E-state index in [-0.39, 0.29) is 23.9 Å². The molecule has 2 aliphatic rings. The lowest BCUT2D eigenvalue weighted by Gasteiger charge is -2.22. The Morgan fingerprint density at radius 3 is 2.20 bits per heavy atom. The van der Waals surface area contributed by atoms with Gasteiger partial charge in [-0.05, 0) is 34.1 Å². The summed E-state index contributed by atoms with van der Waals surface area (Å²) in [5, 5.41) is 2.97. The molecule has 1 aliphatic carbocycles. The number of nitrogens with one attached hydrogen (secondary N) is 1. The number of carbonyl (C=O) groups excluding carboxylic acids is 1. The first-order valence-electron chi connectivity index (χ1n) is 10.8. The summed E-state index contributed by atoms with van der Waals surface area (Å²) in [6.07, 6.45) is -0.435. The van der Waals surface area contributed by atoms with Crippen LogP contribution in [0.1, 0.15) is 44.7 Å². The average molecular weight is 407 g/mol. The van der Waals surface area contributed by atoms with Gasteiger partial charge in [0.25, 0.3) is 0 Å². The molecule has 2 aromatic carbocycles. The Labute approximate surface area is 178 Å².